The van der Waals surface area contributed by atoms with Gasteiger partial charge in [0.05, 0.1) is 0 Å². The molecule has 1 atom stereocenters. The predicted octanol–water partition coefficient (Wildman–Crippen LogP) is 5.13. The van der Waals surface area contributed by atoms with Gasteiger partial charge in [0.1, 0.15) is 0 Å². The zero-order valence-electron chi connectivity index (χ0n) is 13.8. The molecule has 0 amide bonds. The molecule has 0 saturated heterocycles. The van der Waals surface area contributed by atoms with Gasteiger partial charge in [0.25, 0.3) is 0 Å². The maximum atomic E-state index is 3.77. The van der Waals surface area contributed by atoms with Crippen LogP contribution in [0.15, 0.2) is 22.7 Å². The summed E-state index contributed by atoms with van der Waals surface area (Å²) in [5.74, 6) is 0.913. The lowest BCUT2D eigenvalue weighted by Gasteiger charge is -2.30. The van der Waals surface area contributed by atoms with E-state index in [1.165, 1.54) is 41.5 Å². The number of hydrogen-bond donors (Lipinski definition) is 1. The van der Waals surface area contributed by atoms with Crippen LogP contribution < -0.4 is 10.2 Å². The monoisotopic (exact) mass is 352 g/mol. The fourth-order valence-corrected chi connectivity index (χ4v) is 3.42. The molecule has 1 saturated carbocycles. The van der Waals surface area contributed by atoms with Crippen LogP contribution in [0.5, 0.6) is 0 Å². The first kappa shape index (κ1) is 16.8. The van der Waals surface area contributed by atoms with Crippen LogP contribution in [-0.4, -0.2) is 19.1 Å². The average molecular weight is 353 g/mol. The normalized spacial score (nSPS) is 16.3. The van der Waals surface area contributed by atoms with Gasteiger partial charge in [-0.15, -0.1) is 0 Å². The minimum atomic E-state index is 0.393. The summed E-state index contributed by atoms with van der Waals surface area (Å²) in [6, 6.07) is 7.80. The van der Waals surface area contributed by atoms with Crippen LogP contribution in [0.4, 0.5) is 5.69 Å². The summed E-state index contributed by atoms with van der Waals surface area (Å²) < 4.78 is 1.22. The van der Waals surface area contributed by atoms with Gasteiger partial charge < -0.3 is 10.2 Å². The van der Waals surface area contributed by atoms with E-state index in [4.69, 9.17) is 0 Å². The molecule has 0 spiro atoms. The van der Waals surface area contributed by atoms with Crippen molar-refractivity contribution in [3.8, 4) is 0 Å². The molecule has 0 radical (unpaired) electrons. The fourth-order valence-electron chi connectivity index (χ4n) is 2.71. The lowest BCUT2D eigenvalue weighted by molar-refractivity contribution is 0.568. The Morgan fingerprint density at radius 2 is 2.00 bits per heavy atom. The van der Waals surface area contributed by atoms with E-state index in [1.54, 1.807) is 0 Å². The Hall–Kier alpha value is -0.540. The van der Waals surface area contributed by atoms with E-state index < -0.39 is 0 Å². The molecule has 1 aromatic rings. The molecule has 2 rings (SSSR count). The molecule has 21 heavy (non-hydrogen) atoms. The van der Waals surface area contributed by atoms with Gasteiger partial charge in [0.15, 0.2) is 0 Å². The van der Waals surface area contributed by atoms with Crippen molar-refractivity contribution in [3.63, 3.8) is 0 Å². The molecule has 1 unspecified atom stereocenters. The molecule has 1 aliphatic carbocycles. The third-order valence-electron chi connectivity index (χ3n) is 4.26. The highest BCUT2D eigenvalue weighted by Crippen LogP contribution is 2.34. The Balaban J connectivity index is 2.12. The van der Waals surface area contributed by atoms with E-state index in [9.17, 15) is 0 Å². The van der Waals surface area contributed by atoms with Crippen molar-refractivity contribution < 1.29 is 0 Å². The lowest BCUT2D eigenvalue weighted by atomic mass is 10.1. The Morgan fingerprint density at radius 1 is 1.29 bits per heavy atom. The first-order valence-corrected chi connectivity index (χ1v) is 9.11. The Bertz CT molecular complexity index is 455. The fraction of sp³-hybridized carbons (Fsp3) is 0.667. The quantitative estimate of drug-likeness (QED) is 0.697. The Labute approximate surface area is 138 Å². The highest BCUT2D eigenvalue weighted by Gasteiger charge is 2.26. The molecular weight excluding hydrogens is 324 g/mol. The highest BCUT2D eigenvalue weighted by molar-refractivity contribution is 9.10. The Kier molecular flexibility index (Phi) is 6.12. The van der Waals surface area contributed by atoms with Gasteiger partial charge in [-0.1, -0.05) is 28.9 Å². The summed E-state index contributed by atoms with van der Waals surface area (Å²) in [6.45, 7) is 11.3. The molecule has 0 aromatic heterocycles. The molecule has 2 nitrogen and oxygen atoms in total. The van der Waals surface area contributed by atoms with Crippen LogP contribution in [-0.2, 0) is 0 Å². The minimum absolute atomic E-state index is 0.393. The minimum Gasteiger partial charge on any atom is -0.369 e. The van der Waals surface area contributed by atoms with Crippen LogP contribution >= 0.6 is 15.9 Å². The zero-order chi connectivity index (χ0) is 15.4. The van der Waals surface area contributed by atoms with Crippen molar-refractivity contribution in [3.05, 3.63) is 28.2 Å². The number of rotatable bonds is 8. The second kappa shape index (κ2) is 7.64. The molecule has 1 aliphatic rings. The number of nitrogens with one attached hydrogen (secondary N) is 1. The average Bonchev–Trinajstić information content (AvgIpc) is 3.25. The van der Waals surface area contributed by atoms with Crippen LogP contribution in [0.2, 0.25) is 0 Å². The molecule has 0 bridgehead atoms. The van der Waals surface area contributed by atoms with E-state index in [-0.39, 0.29) is 0 Å². The summed E-state index contributed by atoms with van der Waals surface area (Å²) in [5, 5.41) is 3.56. The first-order valence-electron chi connectivity index (χ1n) is 8.32. The van der Waals surface area contributed by atoms with Crippen LogP contribution in [0.3, 0.4) is 0 Å². The van der Waals surface area contributed by atoms with Gasteiger partial charge in [0, 0.05) is 28.8 Å². The predicted molar refractivity (Wildman–Crippen MR) is 96.1 cm³/mol. The van der Waals surface area contributed by atoms with Crippen molar-refractivity contribution in [2.24, 2.45) is 5.92 Å². The highest BCUT2D eigenvalue weighted by atomic mass is 79.9. The summed E-state index contributed by atoms with van der Waals surface area (Å²) in [6.07, 6.45) is 3.98. The SMILES string of the molecule is CCCNC(C)c1ccc(N(CC2CC2)C(C)C)cc1Br. The molecule has 1 N–H and O–H groups in total. The zero-order valence-corrected chi connectivity index (χ0v) is 15.4. The molecule has 0 heterocycles. The standard InChI is InChI=1S/C18H29BrN2/c1-5-10-20-14(4)17-9-8-16(11-18(17)19)21(13(2)3)12-15-6-7-15/h8-9,11,13-15,20H,5-7,10,12H2,1-4H3. The number of anilines is 1. The number of nitrogens with zero attached hydrogens (tertiary/aromatic N) is 1. The second-order valence-electron chi connectivity index (χ2n) is 6.57. The molecule has 118 valence electrons. The second-order valence-corrected chi connectivity index (χ2v) is 7.43. The summed E-state index contributed by atoms with van der Waals surface area (Å²) in [4.78, 5) is 2.54. The van der Waals surface area contributed by atoms with Crippen LogP contribution in [0.1, 0.15) is 58.6 Å². The lowest BCUT2D eigenvalue weighted by Crippen LogP contribution is -2.32. The smallest absolute Gasteiger partial charge is 0.0380 e. The largest absolute Gasteiger partial charge is 0.369 e. The number of benzene rings is 1. The van der Waals surface area contributed by atoms with E-state index in [0.717, 1.165) is 12.5 Å². The summed E-state index contributed by atoms with van der Waals surface area (Å²) in [5.41, 5.74) is 2.69. The van der Waals surface area contributed by atoms with Crippen LogP contribution in [0.25, 0.3) is 0 Å². The van der Waals surface area contributed by atoms with Crippen molar-refractivity contribution >= 4 is 21.6 Å². The van der Waals surface area contributed by atoms with Gasteiger partial charge in [-0.2, -0.15) is 0 Å². The first-order chi connectivity index (χ1) is 10.0. The molecule has 1 fully saturated rings. The van der Waals surface area contributed by atoms with Crippen molar-refractivity contribution in [1.82, 2.24) is 5.32 Å². The van der Waals surface area contributed by atoms with Crippen molar-refractivity contribution in [2.45, 2.75) is 59.0 Å². The molecule has 3 heteroatoms. The molecular formula is C18H29BrN2. The number of halogens is 1. The van der Waals surface area contributed by atoms with Gasteiger partial charge in [-0.25, -0.2) is 0 Å². The number of hydrogen-bond acceptors (Lipinski definition) is 2. The summed E-state index contributed by atoms with van der Waals surface area (Å²) in [7, 11) is 0. The van der Waals surface area contributed by atoms with Gasteiger partial charge in [-0.3, -0.25) is 0 Å². The Morgan fingerprint density at radius 3 is 2.52 bits per heavy atom. The van der Waals surface area contributed by atoms with Crippen molar-refractivity contribution in [2.75, 3.05) is 18.0 Å². The molecule has 0 aliphatic heterocycles. The third-order valence-corrected chi connectivity index (χ3v) is 4.94. The van der Waals surface area contributed by atoms with E-state index in [0.29, 0.717) is 12.1 Å². The maximum Gasteiger partial charge on any atom is 0.0380 e. The van der Waals surface area contributed by atoms with Crippen molar-refractivity contribution in [1.29, 1.82) is 0 Å². The maximum absolute atomic E-state index is 3.77. The third kappa shape index (κ3) is 4.72. The van der Waals surface area contributed by atoms with E-state index in [2.05, 4.69) is 72.0 Å². The van der Waals surface area contributed by atoms with Crippen LogP contribution in [0, 0.1) is 5.92 Å². The van der Waals surface area contributed by atoms with Gasteiger partial charge >= 0.3 is 0 Å². The van der Waals surface area contributed by atoms with Gasteiger partial charge in [0.2, 0.25) is 0 Å². The molecule has 1 aromatic carbocycles. The summed E-state index contributed by atoms with van der Waals surface area (Å²) >= 11 is 3.77. The topological polar surface area (TPSA) is 15.3 Å². The van der Waals surface area contributed by atoms with E-state index in [1.807, 2.05) is 0 Å². The van der Waals surface area contributed by atoms with Gasteiger partial charge in [-0.05, 0) is 70.2 Å². The van der Waals surface area contributed by atoms with E-state index >= 15 is 0 Å².